The van der Waals surface area contributed by atoms with Crippen LogP contribution in [-0.2, 0) is 9.84 Å². The first-order chi connectivity index (χ1) is 7.53. The maximum Gasteiger partial charge on any atom is 0.150 e. The minimum Gasteiger partial charge on any atom is -0.494 e. The summed E-state index contributed by atoms with van der Waals surface area (Å²) in [6.07, 6.45) is 0.513. The molecule has 0 aliphatic heterocycles. The Balaban J connectivity index is 2.29. The van der Waals surface area contributed by atoms with E-state index >= 15 is 0 Å². The molecule has 0 spiro atoms. The Kier molecular flexibility index (Phi) is 5.09. The van der Waals surface area contributed by atoms with Gasteiger partial charge in [-0.05, 0) is 30.7 Å². The third-order valence-corrected chi connectivity index (χ3v) is 4.16. The van der Waals surface area contributed by atoms with Crippen molar-refractivity contribution in [3.05, 3.63) is 29.3 Å². The Morgan fingerprint density at radius 1 is 1.25 bits per heavy atom. The van der Waals surface area contributed by atoms with E-state index in [1.807, 2.05) is 0 Å². The number of benzene rings is 1. The standard InChI is InChI=1S/C11H15ClO3S/c1-2-16(13,14)9-3-8-15-11-6-4-10(12)5-7-11/h4-7H,2-3,8-9H2,1H3. The van der Waals surface area contributed by atoms with Crippen LogP contribution in [0.15, 0.2) is 24.3 Å². The quantitative estimate of drug-likeness (QED) is 0.740. The van der Waals surface area contributed by atoms with Crippen LogP contribution >= 0.6 is 11.6 Å². The van der Waals surface area contributed by atoms with Crippen LogP contribution in [0.4, 0.5) is 0 Å². The normalized spacial score (nSPS) is 11.4. The van der Waals surface area contributed by atoms with Crippen LogP contribution in [0.5, 0.6) is 5.75 Å². The van der Waals surface area contributed by atoms with E-state index in [1.54, 1.807) is 31.2 Å². The molecule has 0 fully saturated rings. The molecule has 3 nitrogen and oxygen atoms in total. The number of sulfone groups is 1. The molecule has 1 aromatic carbocycles. The molecule has 0 amide bonds. The van der Waals surface area contributed by atoms with Crippen molar-refractivity contribution in [1.29, 1.82) is 0 Å². The Hall–Kier alpha value is -0.740. The Morgan fingerprint density at radius 2 is 1.88 bits per heavy atom. The monoisotopic (exact) mass is 262 g/mol. The smallest absolute Gasteiger partial charge is 0.150 e. The van der Waals surface area contributed by atoms with E-state index in [-0.39, 0.29) is 11.5 Å². The molecule has 0 aliphatic rings. The van der Waals surface area contributed by atoms with Crippen molar-refractivity contribution in [3.8, 4) is 5.75 Å². The summed E-state index contributed by atoms with van der Waals surface area (Å²) in [6, 6.07) is 6.99. The van der Waals surface area contributed by atoms with Gasteiger partial charge in [-0.15, -0.1) is 0 Å². The van der Waals surface area contributed by atoms with Crippen molar-refractivity contribution >= 4 is 21.4 Å². The van der Waals surface area contributed by atoms with E-state index in [1.165, 1.54) is 0 Å². The van der Waals surface area contributed by atoms with Crippen LogP contribution in [0.3, 0.4) is 0 Å². The lowest BCUT2D eigenvalue weighted by Gasteiger charge is -2.05. The summed E-state index contributed by atoms with van der Waals surface area (Å²) in [4.78, 5) is 0. The van der Waals surface area contributed by atoms with Crippen molar-refractivity contribution < 1.29 is 13.2 Å². The van der Waals surface area contributed by atoms with Crippen LogP contribution < -0.4 is 4.74 Å². The van der Waals surface area contributed by atoms with Gasteiger partial charge in [-0.2, -0.15) is 0 Å². The van der Waals surface area contributed by atoms with Gasteiger partial charge in [-0.3, -0.25) is 0 Å². The highest BCUT2D eigenvalue weighted by atomic mass is 35.5. The van der Waals surface area contributed by atoms with Crippen molar-refractivity contribution in [1.82, 2.24) is 0 Å². The maximum absolute atomic E-state index is 11.2. The topological polar surface area (TPSA) is 43.4 Å². The van der Waals surface area contributed by atoms with E-state index in [2.05, 4.69) is 0 Å². The molecule has 0 radical (unpaired) electrons. The van der Waals surface area contributed by atoms with E-state index in [0.717, 1.165) is 0 Å². The largest absolute Gasteiger partial charge is 0.494 e. The fraction of sp³-hybridized carbons (Fsp3) is 0.455. The fourth-order valence-corrected chi connectivity index (χ4v) is 2.12. The summed E-state index contributed by atoms with van der Waals surface area (Å²) < 4.78 is 27.7. The van der Waals surface area contributed by atoms with E-state index in [0.29, 0.717) is 23.8 Å². The van der Waals surface area contributed by atoms with Gasteiger partial charge in [-0.1, -0.05) is 18.5 Å². The minimum absolute atomic E-state index is 0.178. The Bertz CT molecular complexity index is 411. The van der Waals surface area contributed by atoms with E-state index < -0.39 is 9.84 Å². The fourth-order valence-electron chi connectivity index (χ4n) is 1.14. The van der Waals surface area contributed by atoms with Crippen LogP contribution in [0, 0.1) is 0 Å². The van der Waals surface area contributed by atoms with Crippen LogP contribution in [0.2, 0.25) is 5.02 Å². The molecule has 0 heterocycles. The summed E-state index contributed by atoms with van der Waals surface area (Å²) in [7, 11) is -2.88. The first kappa shape index (κ1) is 13.3. The average Bonchev–Trinajstić information content (AvgIpc) is 2.27. The van der Waals surface area contributed by atoms with Gasteiger partial charge in [0, 0.05) is 10.8 Å². The van der Waals surface area contributed by atoms with Gasteiger partial charge in [0.1, 0.15) is 15.6 Å². The van der Waals surface area contributed by atoms with Gasteiger partial charge in [0.25, 0.3) is 0 Å². The summed E-state index contributed by atoms with van der Waals surface area (Å²) >= 11 is 5.72. The molecule has 0 aromatic heterocycles. The summed E-state index contributed by atoms with van der Waals surface area (Å²) in [5.74, 6) is 1.07. The highest BCUT2D eigenvalue weighted by molar-refractivity contribution is 7.91. The molecule has 5 heteroatoms. The third kappa shape index (κ3) is 4.86. The molecular formula is C11H15ClO3S. The first-order valence-electron chi connectivity index (χ1n) is 5.12. The summed E-state index contributed by atoms with van der Waals surface area (Å²) in [6.45, 7) is 2.05. The van der Waals surface area contributed by atoms with Gasteiger partial charge < -0.3 is 4.74 Å². The van der Waals surface area contributed by atoms with Gasteiger partial charge in [-0.25, -0.2) is 8.42 Å². The minimum atomic E-state index is -2.88. The molecule has 1 aromatic rings. The highest BCUT2D eigenvalue weighted by Gasteiger charge is 2.06. The molecule has 0 bridgehead atoms. The molecule has 0 unspecified atom stereocenters. The van der Waals surface area contributed by atoms with Crippen LogP contribution in [0.25, 0.3) is 0 Å². The first-order valence-corrected chi connectivity index (χ1v) is 7.32. The van der Waals surface area contributed by atoms with Gasteiger partial charge in [0.15, 0.2) is 0 Å². The van der Waals surface area contributed by atoms with Crippen molar-refractivity contribution in [3.63, 3.8) is 0 Å². The Labute approximate surface area is 101 Å². The number of ether oxygens (including phenoxy) is 1. The lowest BCUT2D eigenvalue weighted by atomic mass is 10.3. The van der Waals surface area contributed by atoms with Crippen LogP contribution in [-0.4, -0.2) is 26.5 Å². The molecule has 0 N–H and O–H groups in total. The lowest BCUT2D eigenvalue weighted by molar-refractivity contribution is 0.317. The second-order valence-electron chi connectivity index (χ2n) is 3.39. The Morgan fingerprint density at radius 3 is 2.44 bits per heavy atom. The van der Waals surface area contributed by atoms with Gasteiger partial charge >= 0.3 is 0 Å². The van der Waals surface area contributed by atoms with Gasteiger partial charge in [0.2, 0.25) is 0 Å². The van der Waals surface area contributed by atoms with E-state index in [4.69, 9.17) is 16.3 Å². The number of rotatable bonds is 6. The zero-order valence-corrected chi connectivity index (χ0v) is 10.7. The van der Waals surface area contributed by atoms with Gasteiger partial charge in [0.05, 0.1) is 12.4 Å². The second kappa shape index (κ2) is 6.11. The van der Waals surface area contributed by atoms with Crippen molar-refractivity contribution in [2.45, 2.75) is 13.3 Å². The molecule has 90 valence electrons. The predicted molar refractivity (Wildman–Crippen MR) is 65.9 cm³/mol. The molecule has 0 saturated carbocycles. The maximum atomic E-state index is 11.2. The predicted octanol–water partition coefficient (Wildman–Crippen LogP) is 2.54. The SMILES string of the molecule is CCS(=O)(=O)CCCOc1ccc(Cl)cc1. The molecule has 0 aliphatic carbocycles. The van der Waals surface area contributed by atoms with E-state index in [9.17, 15) is 8.42 Å². The number of halogens is 1. The van der Waals surface area contributed by atoms with Crippen LogP contribution in [0.1, 0.15) is 13.3 Å². The van der Waals surface area contributed by atoms with Crippen molar-refractivity contribution in [2.75, 3.05) is 18.1 Å². The molecule has 16 heavy (non-hydrogen) atoms. The summed E-state index contributed by atoms with van der Waals surface area (Å²) in [5, 5.41) is 0.654. The molecule has 0 atom stereocenters. The zero-order chi connectivity index (χ0) is 12.0. The highest BCUT2D eigenvalue weighted by Crippen LogP contribution is 2.15. The van der Waals surface area contributed by atoms with Crippen molar-refractivity contribution in [2.24, 2.45) is 0 Å². The zero-order valence-electron chi connectivity index (χ0n) is 9.15. The third-order valence-electron chi connectivity index (χ3n) is 2.12. The molecule has 1 rings (SSSR count). The second-order valence-corrected chi connectivity index (χ2v) is 6.30. The molecular weight excluding hydrogens is 248 g/mol. The number of hydrogen-bond donors (Lipinski definition) is 0. The summed E-state index contributed by atoms with van der Waals surface area (Å²) in [5.41, 5.74) is 0. The lowest BCUT2D eigenvalue weighted by Crippen LogP contribution is -2.11. The number of hydrogen-bond acceptors (Lipinski definition) is 3. The molecule has 0 saturated heterocycles. The average molecular weight is 263 g/mol.